The van der Waals surface area contributed by atoms with Gasteiger partial charge < -0.3 is 5.73 Å². The third-order valence-corrected chi connectivity index (χ3v) is 3.03. The molecule has 0 aliphatic heterocycles. The first-order valence-electron chi connectivity index (χ1n) is 4.86. The van der Waals surface area contributed by atoms with E-state index < -0.39 is 0 Å². The first-order valence-corrected chi connectivity index (χ1v) is 5.68. The lowest BCUT2D eigenvalue weighted by Gasteiger charge is -2.00. The Kier molecular flexibility index (Phi) is 2.21. The fourth-order valence-electron chi connectivity index (χ4n) is 1.26. The van der Waals surface area contributed by atoms with E-state index in [1.807, 2.05) is 4.68 Å². The first kappa shape index (κ1) is 9.52. The molecule has 0 saturated heterocycles. The third kappa shape index (κ3) is 1.83. The fraction of sp³-hybridized carbons (Fsp3) is 0.375. The van der Waals surface area contributed by atoms with Crippen LogP contribution in [0.1, 0.15) is 18.9 Å². The maximum Gasteiger partial charge on any atom is 0.217 e. The number of hydrogen-bond acceptors (Lipinski definition) is 7. The molecular formula is C8H9N7S. The third-order valence-electron chi connectivity index (χ3n) is 2.19. The van der Waals surface area contributed by atoms with Gasteiger partial charge in [-0.3, -0.25) is 0 Å². The number of nitrogens with two attached hydrogens (primary N) is 1. The highest BCUT2D eigenvalue weighted by Gasteiger charge is 2.28. The van der Waals surface area contributed by atoms with Gasteiger partial charge in [0.1, 0.15) is 0 Å². The summed E-state index contributed by atoms with van der Waals surface area (Å²) in [5, 5.41) is 12.9. The summed E-state index contributed by atoms with van der Waals surface area (Å²) in [6.45, 7) is 0. The molecule has 7 nitrogen and oxygen atoms in total. The zero-order valence-corrected chi connectivity index (χ0v) is 9.13. The number of tetrazole rings is 1. The Morgan fingerprint density at radius 2 is 2.06 bits per heavy atom. The molecule has 0 amide bonds. The molecular weight excluding hydrogens is 226 g/mol. The van der Waals surface area contributed by atoms with Crippen LogP contribution < -0.4 is 5.73 Å². The quantitative estimate of drug-likeness (QED) is 0.775. The summed E-state index contributed by atoms with van der Waals surface area (Å²) in [5.74, 6) is 0. The van der Waals surface area contributed by atoms with Gasteiger partial charge in [-0.1, -0.05) is 0 Å². The predicted octanol–water partition coefficient (Wildman–Crippen LogP) is 0.531. The van der Waals surface area contributed by atoms with Gasteiger partial charge in [-0.2, -0.15) is 0 Å². The van der Waals surface area contributed by atoms with Gasteiger partial charge in [-0.05, 0) is 35.0 Å². The smallest absolute Gasteiger partial charge is 0.217 e. The maximum atomic E-state index is 5.51. The number of anilines is 1. The van der Waals surface area contributed by atoms with Crippen LogP contribution in [0.5, 0.6) is 0 Å². The van der Waals surface area contributed by atoms with Gasteiger partial charge >= 0.3 is 0 Å². The predicted molar refractivity (Wildman–Crippen MR) is 56.7 cm³/mol. The van der Waals surface area contributed by atoms with Crippen LogP contribution in [-0.2, 0) is 0 Å². The Labute approximate surface area is 95.5 Å². The summed E-state index contributed by atoms with van der Waals surface area (Å²) in [4.78, 5) is 8.18. The molecule has 1 aliphatic carbocycles. The lowest BCUT2D eigenvalue weighted by Crippen LogP contribution is -1.99. The van der Waals surface area contributed by atoms with Gasteiger partial charge in [0.2, 0.25) is 5.16 Å². The second-order valence-electron chi connectivity index (χ2n) is 3.54. The van der Waals surface area contributed by atoms with E-state index in [1.165, 1.54) is 11.8 Å². The second kappa shape index (κ2) is 3.71. The largest absolute Gasteiger partial charge is 0.396 e. The Hall–Kier alpha value is -1.70. The minimum absolute atomic E-state index is 0.450. The van der Waals surface area contributed by atoms with Gasteiger partial charge in [-0.15, -0.1) is 5.10 Å². The summed E-state index contributed by atoms with van der Waals surface area (Å²) in [7, 11) is 0. The summed E-state index contributed by atoms with van der Waals surface area (Å²) in [6, 6.07) is 0.450. The van der Waals surface area contributed by atoms with Gasteiger partial charge in [0.25, 0.3) is 0 Å². The maximum absolute atomic E-state index is 5.51. The highest BCUT2D eigenvalue weighted by Crippen LogP contribution is 2.37. The number of nitrogens with zero attached hydrogens (tertiary/aromatic N) is 6. The molecule has 2 heterocycles. The van der Waals surface area contributed by atoms with Crippen molar-refractivity contribution in [1.29, 1.82) is 0 Å². The van der Waals surface area contributed by atoms with Crippen molar-refractivity contribution < 1.29 is 0 Å². The molecule has 1 fully saturated rings. The standard InChI is InChI=1S/C8H9N7S/c9-5-3-10-7(11-4-5)16-8-12-13-14-15(8)6-1-2-6/h3-4,6H,1-2,9H2. The molecule has 1 saturated carbocycles. The molecule has 2 aromatic heterocycles. The van der Waals surface area contributed by atoms with E-state index in [0.29, 0.717) is 16.9 Å². The number of aromatic nitrogens is 6. The van der Waals surface area contributed by atoms with E-state index in [0.717, 1.165) is 18.0 Å². The molecule has 1 aliphatic rings. The van der Waals surface area contributed by atoms with Crippen molar-refractivity contribution in [2.45, 2.75) is 29.2 Å². The molecule has 0 radical (unpaired) electrons. The Morgan fingerprint density at radius 1 is 1.31 bits per heavy atom. The van der Waals surface area contributed by atoms with Crippen molar-refractivity contribution in [3.05, 3.63) is 12.4 Å². The van der Waals surface area contributed by atoms with Crippen molar-refractivity contribution in [1.82, 2.24) is 30.2 Å². The van der Waals surface area contributed by atoms with Gasteiger partial charge in [0, 0.05) is 0 Å². The van der Waals surface area contributed by atoms with Crippen molar-refractivity contribution in [3.8, 4) is 0 Å². The molecule has 8 heteroatoms. The minimum Gasteiger partial charge on any atom is -0.396 e. The first-order chi connectivity index (χ1) is 7.83. The molecule has 16 heavy (non-hydrogen) atoms. The fourth-order valence-corrected chi connectivity index (χ4v) is 1.99. The summed E-state index contributed by atoms with van der Waals surface area (Å²) in [5.41, 5.74) is 6.06. The number of nitrogen functional groups attached to an aromatic ring is 1. The van der Waals surface area contributed by atoms with E-state index >= 15 is 0 Å². The van der Waals surface area contributed by atoms with Gasteiger partial charge in [0.15, 0.2) is 5.16 Å². The van der Waals surface area contributed by atoms with Crippen LogP contribution in [0.15, 0.2) is 22.7 Å². The second-order valence-corrected chi connectivity index (χ2v) is 4.47. The van der Waals surface area contributed by atoms with E-state index in [9.17, 15) is 0 Å². The molecule has 2 aromatic rings. The van der Waals surface area contributed by atoms with Crippen molar-refractivity contribution in [2.24, 2.45) is 0 Å². The monoisotopic (exact) mass is 235 g/mol. The molecule has 0 spiro atoms. The molecule has 0 aromatic carbocycles. The minimum atomic E-state index is 0.450. The van der Waals surface area contributed by atoms with E-state index in [2.05, 4.69) is 25.5 Å². The van der Waals surface area contributed by atoms with Crippen LogP contribution in [0.4, 0.5) is 5.69 Å². The van der Waals surface area contributed by atoms with Crippen LogP contribution in [0.2, 0.25) is 0 Å². The van der Waals surface area contributed by atoms with Crippen LogP contribution in [0.3, 0.4) is 0 Å². The summed E-state index contributed by atoms with van der Waals surface area (Å²) >= 11 is 1.35. The molecule has 2 N–H and O–H groups in total. The Morgan fingerprint density at radius 3 is 2.75 bits per heavy atom. The average molecular weight is 235 g/mol. The molecule has 0 atom stereocenters. The molecule has 0 bridgehead atoms. The van der Waals surface area contributed by atoms with Crippen LogP contribution in [-0.4, -0.2) is 30.2 Å². The topological polar surface area (TPSA) is 95.4 Å². The van der Waals surface area contributed by atoms with Crippen LogP contribution in [0, 0.1) is 0 Å². The summed E-state index contributed by atoms with van der Waals surface area (Å²) in [6.07, 6.45) is 5.42. The Bertz CT molecular complexity index is 489. The summed E-state index contributed by atoms with van der Waals surface area (Å²) < 4.78 is 1.82. The van der Waals surface area contributed by atoms with E-state index in [1.54, 1.807) is 12.4 Å². The lowest BCUT2D eigenvalue weighted by atomic mass is 10.6. The zero-order chi connectivity index (χ0) is 11.0. The normalized spacial score (nSPS) is 15.2. The van der Waals surface area contributed by atoms with Crippen LogP contribution >= 0.6 is 11.8 Å². The van der Waals surface area contributed by atoms with Crippen LogP contribution in [0.25, 0.3) is 0 Å². The van der Waals surface area contributed by atoms with E-state index in [4.69, 9.17) is 5.73 Å². The molecule has 0 unspecified atom stereocenters. The highest BCUT2D eigenvalue weighted by molar-refractivity contribution is 7.99. The number of rotatable bonds is 3. The van der Waals surface area contributed by atoms with Crippen molar-refractivity contribution >= 4 is 17.4 Å². The average Bonchev–Trinajstić information content (AvgIpc) is 3.03. The highest BCUT2D eigenvalue weighted by atomic mass is 32.2. The molecule has 82 valence electrons. The SMILES string of the molecule is Nc1cnc(Sc2nnnn2C2CC2)nc1. The number of hydrogen-bond donors (Lipinski definition) is 1. The van der Waals surface area contributed by atoms with E-state index in [-0.39, 0.29) is 0 Å². The lowest BCUT2D eigenvalue weighted by molar-refractivity contribution is 0.565. The van der Waals surface area contributed by atoms with Crippen molar-refractivity contribution in [3.63, 3.8) is 0 Å². The van der Waals surface area contributed by atoms with Gasteiger partial charge in [0.05, 0.1) is 24.1 Å². The van der Waals surface area contributed by atoms with Crippen molar-refractivity contribution in [2.75, 3.05) is 5.73 Å². The Balaban J connectivity index is 1.82. The molecule has 3 rings (SSSR count). The van der Waals surface area contributed by atoms with Gasteiger partial charge in [-0.25, -0.2) is 14.6 Å². The zero-order valence-electron chi connectivity index (χ0n) is 8.32.